The van der Waals surface area contributed by atoms with Crippen molar-refractivity contribution in [2.75, 3.05) is 13.6 Å². The van der Waals surface area contributed by atoms with Crippen molar-refractivity contribution < 1.29 is 9.18 Å². The first-order chi connectivity index (χ1) is 7.54. The van der Waals surface area contributed by atoms with Crippen LogP contribution in [0, 0.1) is 5.82 Å². The number of rotatable bonds is 3. The molecule has 1 aromatic carbocycles. The Morgan fingerprint density at radius 1 is 1.62 bits per heavy atom. The number of hydrogen-bond donors (Lipinski definition) is 2. The van der Waals surface area contributed by atoms with Crippen LogP contribution >= 0.6 is 15.9 Å². The van der Waals surface area contributed by atoms with Crippen molar-refractivity contribution in [2.24, 2.45) is 5.84 Å². The van der Waals surface area contributed by atoms with Gasteiger partial charge in [0.2, 0.25) is 0 Å². The number of halogens is 2. The molecule has 0 aromatic heterocycles. The molecule has 4 nitrogen and oxygen atoms in total. The molecule has 0 aliphatic heterocycles. The lowest BCUT2D eigenvalue weighted by Gasteiger charge is -2.16. The topological polar surface area (TPSA) is 58.4 Å². The normalized spacial score (nSPS) is 10.0. The quantitative estimate of drug-likeness (QED) is 0.505. The number of hydrogen-bond acceptors (Lipinski definition) is 2. The second-order valence-electron chi connectivity index (χ2n) is 3.36. The fourth-order valence-electron chi connectivity index (χ4n) is 1.23. The number of benzene rings is 1. The molecule has 3 N–H and O–H groups in total. The third-order valence-corrected chi connectivity index (χ3v) is 2.69. The van der Waals surface area contributed by atoms with Gasteiger partial charge in [-0.3, -0.25) is 5.43 Å². The smallest absolute Gasteiger partial charge is 0.326 e. The van der Waals surface area contributed by atoms with E-state index in [1.54, 1.807) is 19.2 Å². The number of urea groups is 1. The van der Waals surface area contributed by atoms with E-state index in [1.165, 1.54) is 11.0 Å². The number of carbonyl (C=O) groups is 1. The largest absolute Gasteiger partial charge is 0.331 e. The van der Waals surface area contributed by atoms with E-state index in [4.69, 9.17) is 5.84 Å². The third kappa shape index (κ3) is 3.46. The van der Waals surface area contributed by atoms with Gasteiger partial charge in [-0.25, -0.2) is 15.0 Å². The number of nitrogens with zero attached hydrogens (tertiary/aromatic N) is 1. The second kappa shape index (κ2) is 5.81. The van der Waals surface area contributed by atoms with Crippen LogP contribution in [0.25, 0.3) is 0 Å². The summed E-state index contributed by atoms with van der Waals surface area (Å²) in [5, 5.41) is 0. The number of nitrogens with two attached hydrogens (primary N) is 1. The van der Waals surface area contributed by atoms with Crippen LogP contribution in [-0.2, 0) is 6.42 Å². The van der Waals surface area contributed by atoms with E-state index in [-0.39, 0.29) is 5.82 Å². The van der Waals surface area contributed by atoms with E-state index < -0.39 is 6.03 Å². The van der Waals surface area contributed by atoms with Gasteiger partial charge in [-0.15, -0.1) is 0 Å². The van der Waals surface area contributed by atoms with E-state index in [2.05, 4.69) is 15.9 Å². The first-order valence-electron chi connectivity index (χ1n) is 4.70. The van der Waals surface area contributed by atoms with Gasteiger partial charge in [0.15, 0.2) is 0 Å². The van der Waals surface area contributed by atoms with Gasteiger partial charge < -0.3 is 4.90 Å². The van der Waals surface area contributed by atoms with Crippen molar-refractivity contribution in [1.82, 2.24) is 10.3 Å². The average molecular weight is 290 g/mol. The minimum atomic E-state index is -0.393. The maximum absolute atomic E-state index is 13.3. The highest BCUT2D eigenvalue weighted by atomic mass is 79.9. The molecule has 6 heteroatoms. The summed E-state index contributed by atoms with van der Waals surface area (Å²) in [5.41, 5.74) is 2.57. The van der Waals surface area contributed by atoms with Gasteiger partial charge >= 0.3 is 6.03 Å². The minimum Gasteiger partial charge on any atom is -0.326 e. The lowest BCUT2D eigenvalue weighted by Crippen LogP contribution is -2.42. The first kappa shape index (κ1) is 12.9. The Morgan fingerprint density at radius 2 is 2.31 bits per heavy atom. The summed E-state index contributed by atoms with van der Waals surface area (Å²) >= 11 is 3.27. The molecule has 2 amide bonds. The molecule has 88 valence electrons. The molecule has 0 fully saturated rings. The van der Waals surface area contributed by atoms with E-state index >= 15 is 0 Å². The maximum atomic E-state index is 13.3. The molecule has 0 saturated heterocycles. The van der Waals surface area contributed by atoms with Crippen LogP contribution in [0.4, 0.5) is 9.18 Å². The molecule has 0 saturated carbocycles. The number of likely N-dealkylation sites (N-methyl/N-ethyl adjacent to an activating group) is 1. The predicted molar refractivity (Wildman–Crippen MR) is 63.2 cm³/mol. The maximum Gasteiger partial charge on any atom is 0.331 e. The number of hydrazine groups is 1. The molecule has 0 atom stereocenters. The molecule has 0 unspecified atom stereocenters. The minimum absolute atomic E-state index is 0.273. The number of carbonyl (C=O) groups excluding carboxylic acids is 1. The van der Waals surface area contributed by atoms with Crippen LogP contribution in [0.2, 0.25) is 0 Å². The Morgan fingerprint density at radius 3 is 2.94 bits per heavy atom. The van der Waals surface area contributed by atoms with Crippen molar-refractivity contribution in [1.29, 1.82) is 0 Å². The Kier molecular flexibility index (Phi) is 4.70. The highest BCUT2D eigenvalue weighted by Gasteiger charge is 2.08. The molecule has 0 aliphatic rings. The molecular weight excluding hydrogens is 277 g/mol. The molecule has 0 radical (unpaired) electrons. The van der Waals surface area contributed by atoms with Crippen molar-refractivity contribution in [3.05, 3.63) is 34.1 Å². The summed E-state index contributed by atoms with van der Waals surface area (Å²) in [6.07, 6.45) is 0.440. The standard InChI is InChI=1S/C10H13BrFN3O/c1-15(10(16)14-13)5-4-7-6-8(11)2-3-9(7)12/h2-3,6H,4-5,13H2,1H3,(H,14,16). The summed E-state index contributed by atoms with van der Waals surface area (Å²) in [6.45, 7) is 0.399. The Bertz CT molecular complexity index is 386. The average Bonchev–Trinajstić information content (AvgIpc) is 2.28. The number of amides is 2. The van der Waals surface area contributed by atoms with Gasteiger partial charge in [0.25, 0.3) is 0 Å². The Balaban J connectivity index is 2.60. The second-order valence-corrected chi connectivity index (χ2v) is 4.27. The van der Waals surface area contributed by atoms with Crippen LogP contribution in [0.1, 0.15) is 5.56 Å². The highest BCUT2D eigenvalue weighted by Crippen LogP contribution is 2.16. The fraction of sp³-hybridized carbons (Fsp3) is 0.300. The third-order valence-electron chi connectivity index (χ3n) is 2.19. The molecule has 1 aromatic rings. The summed E-state index contributed by atoms with van der Waals surface area (Å²) in [7, 11) is 1.60. The first-order valence-corrected chi connectivity index (χ1v) is 5.49. The molecule has 1 rings (SSSR count). The zero-order valence-electron chi connectivity index (χ0n) is 8.84. The zero-order valence-corrected chi connectivity index (χ0v) is 10.4. The summed E-state index contributed by atoms with van der Waals surface area (Å²) < 4.78 is 14.2. The summed E-state index contributed by atoms with van der Waals surface area (Å²) in [5.74, 6) is 4.70. The van der Waals surface area contributed by atoms with Crippen LogP contribution < -0.4 is 11.3 Å². The van der Waals surface area contributed by atoms with Crippen LogP contribution in [0.5, 0.6) is 0 Å². The number of nitrogens with one attached hydrogen (secondary N) is 1. The van der Waals surface area contributed by atoms with Crippen LogP contribution in [0.15, 0.2) is 22.7 Å². The highest BCUT2D eigenvalue weighted by molar-refractivity contribution is 9.10. The summed E-state index contributed by atoms with van der Waals surface area (Å²) in [6, 6.07) is 4.33. The lowest BCUT2D eigenvalue weighted by molar-refractivity contribution is 0.209. The van der Waals surface area contributed by atoms with Crippen LogP contribution in [-0.4, -0.2) is 24.5 Å². The monoisotopic (exact) mass is 289 g/mol. The molecular formula is C10H13BrFN3O. The van der Waals surface area contributed by atoms with Crippen LogP contribution in [0.3, 0.4) is 0 Å². The molecule has 0 bridgehead atoms. The van der Waals surface area contributed by atoms with Gasteiger partial charge in [0.1, 0.15) is 5.82 Å². The molecule has 0 heterocycles. The molecule has 16 heavy (non-hydrogen) atoms. The Hall–Kier alpha value is -1.14. The zero-order chi connectivity index (χ0) is 12.1. The van der Waals surface area contributed by atoms with Gasteiger partial charge in [-0.2, -0.15) is 0 Å². The summed E-state index contributed by atoms with van der Waals surface area (Å²) in [4.78, 5) is 12.5. The van der Waals surface area contributed by atoms with Gasteiger partial charge in [-0.05, 0) is 30.2 Å². The van der Waals surface area contributed by atoms with Crippen molar-refractivity contribution in [3.8, 4) is 0 Å². The van der Waals surface area contributed by atoms with E-state index in [9.17, 15) is 9.18 Å². The van der Waals surface area contributed by atoms with Crippen molar-refractivity contribution >= 4 is 22.0 Å². The van der Waals surface area contributed by atoms with Gasteiger partial charge in [0, 0.05) is 18.1 Å². The predicted octanol–water partition coefficient (Wildman–Crippen LogP) is 1.65. The van der Waals surface area contributed by atoms with Crippen molar-refractivity contribution in [3.63, 3.8) is 0 Å². The molecule has 0 aliphatic carbocycles. The lowest BCUT2D eigenvalue weighted by atomic mass is 10.1. The van der Waals surface area contributed by atoms with E-state index in [0.29, 0.717) is 18.5 Å². The van der Waals surface area contributed by atoms with Gasteiger partial charge in [0.05, 0.1) is 0 Å². The van der Waals surface area contributed by atoms with E-state index in [1.807, 2.05) is 5.43 Å². The van der Waals surface area contributed by atoms with Crippen molar-refractivity contribution in [2.45, 2.75) is 6.42 Å². The van der Waals surface area contributed by atoms with E-state index in [0.717, 1.165) is 4.47 Å². The SMILES string of the molecule is CN(CCc1cc(Br)ccc1F)C(=O)NN. The Labute approximate surface area is 102 Å². The van der Waals surface area contributed by atoms with Gasteiger partial charge in [-0.1, -0.05) is 15.9 Å². The molecule has 0 spiro atoms. The fourth-order valence-corrected chi connectivity index (χ4v) is 1.64.